The zero-order valence-electron chi connectivity index (χ0n) is 14.2. The summed E-state index contributed by atoms with van der Waals surface area (Å²) >= 11 is 0. The van der Waals surface area contributed by atoms with Crippen LogP contribution in [0.2, 0.25) is 0 Å². The zero-order valence-corrected chi connectivity index (χ0v) is 14.2. The number of rotatable bonds is 3. The van der Waals surface area contributed by atoms with E-state index in [9.17, 15) is 9.59 Å². The van der Waals surface area contributed by atoms with Crippen molar-refractivity contribution >= 4 is 12.1 Å². The largest absolute Gasteiger partial charge is 0.469 e. The molecule has 0 N–H and O–H groups in total. The van der Waals surface area contributed by atoms with Crippen molar-refractivity contribution in [2.45, 2.75) is 59.5 Å². The Labute approximate surface area is 128 Å². The van der Waals surface area contributed by atoms with E-state index in [-0.39, 0.29) is 12.1 Å². The lowest BCUT2D eigenvalue weighted by Crippen LogP contribution is -2.42. The highest BCUT2D eigenvalue weighted by atomic mass is 16.6. The molecule has 0 spiro atoms. The first-order valence-corrected chi connectivity index (χ1v) is 7.61. The van der Waals surface area contributed by atoms with Gasteiger partial charge in [-0.2, -0.15) is 0 Å². The summed E-state index contributed by atoms with van der Waals surface area (Å²) in [7, 11) is 1.43. The van der Waals surface area contributed by atoms with Crippen molar-refractivity contribution in [3.05, 3.63) is 0 Å². The summed E-state index contributed by atoms with van der Waals surface area (Å²) in [6.45, 7) is 10.8. The fourth-order valence-corrected chi connectivity index (χ4v) is 2.73. The van der Waals surface area contributed by atoms with Crippen LogP contribution in [-0.2, 0) is 14.3 Å². The van der Waals surface area contributed by atoms with E-state index in [2.05, 4.69) is 0 Å². The summed E-state index contributed by atoms with van der Waals surface area (Å²) in [5, 5.41) is 0. The lowest BCUT2D eigenvalue weighted by molar-refractivity contribution is -0.152. The molecule has 0 atom stereocenters. The number of likely N-dealkylation sites (tertiary alicyclic amines) is 1. The van der Waals surface area contributed by atoms with Crippen LogP contribution in [0.25, 0.3) is 0 Å². The molecule has 0 bridgehead atoms. The van der Waals surface area contributed by atoms with E-state index in [0.717, 1.165) is 19.3 Å². The number of carbonyl (C=O) groups is 2. The third-order valence-electron chi connectivity index (χ3n) is 3.80. The third-order valence-corrected chi connectivity index (χ3v) is 3.80. The molecule has 0 aromatic carbocycles. The molecule has 1 fully saturated rings. The predicted molar refractivity (Wildman–Crippen MR) is 80.9 cm³/mol. The topological polar surface area (TPSA) is 55.8 Å². The van der Waals surface area contributed by atoms with Gasteiger partial charge in [-0.25, -0.2) is 4.79 Å². The van der Waals surface area contributed by atoms with Gasteiger partial charge in [-0.15, -0.1) is 0 Å². The van der Waals surface area contributed by atoms with Gasteiger partial charge in [0.2, 0.25) is 0 Å². The minimum atomic E-state index is -0.465. The Morgan fingerprint density at radius 1 is 1.10 bits per heavy atom. The molecular weight excluding hydrogens is 270 g/mol. The van der Waals surface area contributed by atoms with Crippen molar-refractivity contribution in [3.8, 4) is 0 Å². The Morgan fingerprint density at radius 3 is 2.05 bits per heavy atom. The molecule has 5 nitrogen and oxygen atoms in total. The Hall–Kier alpha value is -1.26. The second kappa shape index (κ2) is 6.67. The number of esters is 1. The smallest absolute Gasteiger partial charge is 0.410 e. The first-order valence-electron chi connectivity index (χ1n) is 7.61. The van der Waals surface area contributed by atoms with Crippen LogP contribution in [0.4, 0.5) is 4.79 Å². The highest BCUT2D eigenvalue weighted by Gasteiger charge is 2.34. The number of amides is 1. The summed E-state index contributed by atoms with van der Waals surface area (Å²) in [6.07, 6.45) is 2.36. The number of hydrogen-bond acceptors (Lipinski definition) is 4. The SMILES string of the molecule is COC(=O)C(C)(C)CC1CCN(C(=O)OC(C)(C)C)CC1. The monoisotopic (exact) mass is 299 g/mol. The van der Waals surface area contributed by atoms with Crippen LogP contribution >= 0.6 is 0 Å². The van der Waals surface area contributed by atoms with Crippen molar-refractivity contribution < 1.29 is 19.1 Å². The summed E-state index contributed by atoms with van der Waals surface area (Å²) < 4.78 is 10.2. The van der Waals surface area contributed by atoms with E-state index in [1.807, 2.05) is 34.6 Å². The van der Waals surface area contributed by atoms with Gasteiger partial charge in [0.25, 0.3) is 0 Å². The van der Waals surface area contributed by atoms with E-state index in [0.29, 0.717) is 19.0 Å². The van der Waals surface area contributed by atoms with E-state index in [1.165, 1.54) is 7.11 Å². The predicted octanol–water partition coefficient (Wildman–Crippen LogP) is 3.22. The molecule has 1 rings (SSSR count). The molecule has 1 heterocycles. The Bertz CT molecular complexity index is 376. The Kier molecular flexibility index (Phi) is 5.65. The van der Waals surface area contributed by atoms with Crippen molar-refractivity contribution in [2.75, 3.05) is 20.2 Å². The third kappa shape index (κ3) is 5.56. The summed E-state index contributed by atoms with van der Waals surface area (Å²) in [5.74, 6) is 0.273. The number of ether oxygens (including phenoxy) is 2. The van der Waals surface area contributed by atoms with Crippen molar-refractivity contribution in [2.24, 2.45) is 11.3 Å². The van der Waals surface area contributed by atoms with Gasteiger partial charge in [-0.05, 0) is 59.8 Å². The van der Waals surface area contributed by atoms with Crippen LogP contribution in [0, 0.1) is 11.3 Å². The fourth-order valence-electron chi connectivity index (χ4n) is 2.73. The first kappa shape index (κ1) is 17.8. The van der Waals surface area contributed by atoms with Gasteiger partial charge in [0, 0.05) is 13.1 Å². The zero-order chi connectivity index (χ0) is 16.3. The molecule has 0 saturated carbocycles. The number of carbonyl (C=O) groups excluding carboxylic acids is 2. The van der Waals surface area contributed by atoms with E-state index >= 15 is 0 Å². The number of methoxy groups -OCH3 is 1. The summed E-state index contributed by atoms with van der Waals surface area (Å²) in [6, 6.07) is 0. The minimum Gasteiger partial charge on any atom is -0.469 e. The van der Waals surface area contributed by atoms with Crippen LogP contribution in [0.1, 0.15) is 53.9 Å². The molecule has 0 aromatic heterocycles. The van der Waals surface area contributed by atoms with E-state index in [4.69, 9.17) is 9.47 Å². The fraction of sp³-hybridized carbons (Fsp3) is 0.875. The van der Waals surface area contributed by atoms with Gasteiger partial charge in [-0.1, -0.05) is 0 Å². The maximum Gasteiger partial charge on any atom is 0.410 e. The molecule has 0 aromatic rings. The Balaban J connectivity index is 2.46. The van der Waals surface area contributed by atoms with Gasteiger partial charge in [0.15, 0.2) is 0 Å². The van der Waals surface area contributed by atoms with Crippen LogP contribution in [-0.4, -0.2) is 42.8 Å². The van der Waals surface area contributed by atoms with Gasteiger partial charge in [0.1, 0.15) is 5.60 Å². The minimum absolute atomic E-state index is 0.169. The lowest BCUT2D eigenvalue weighted by atomic mass is 9.79. The molecule has 1 amide bonds. The molecule has 1 aliphatic rings. The molecular formula is C16H29NO4. The lowest BCUT2D eigenvalue weighted by Gasteiger charge is -2.35. The highest BCUT2D eigenvalue weighted by molar-refractivity contribution is 5.75. The average molecular weight is 299 g/mol. The molecule has 0 unspecified atom stereocenters. The van der Waals surface area contributed by atoms with Crippen molar-refractivity contribution in [3.63, 3.8) is 0 Å². The van der Waals surface area contributed by atoms with E-state index in [1.54, 1.807) is 4.90 Å². The average Bonchev–Trinajstić information content (AvgIpc) is 2.36. The van der Waals surface area contributed by atoms with Crippen LogP contribution in [0.3, 0.4) is 0 Å². The van der Waals surface area contributed by atoms with Gasteiger partial charge in [0.05, 0.1) is 12.5 Å². The second-order valence-electron chi connectivity index (χ2n) is 7.49. The standard InChI is InChI=1S/C16H29NO4/c1-15(2,3)21-14(19)17-9-7-12(8-10-17)11-16(4,5)13(18)20-6/h12H,7-11H2,1-6H3. The second-order valence-corrected chi connectivity index (χ2v) is 7.49. The molecule has 122 valence electrons. The molecule has 1 aliphatic heterocycles. The van der Waals surface area contributed by atoms with E-state index < -0.39 is 11.0 Å². The molecule has 1 saturated heterocycles. The highest BCUT2D eigenvalue weighted by Crippen LogP contribution is 2.32. The molecule has 21 heavy (non-hydrogen) atoms. The van der Waals surface area contributed by atoms with Crippen molar-refractivity contribution in [1.29, 1.82) is 0 Å². The van der Waals surface area contributed by atoms with Crippen LogP contribution in [0.15, 0.2) is 0 Å². The van der Waals surface area contributed by atoms with Crippen LogP contribution in [0.5, 0.6) is 0 Å². The molecule has 0 aliphatic carbocycles. The van der Waals surface area contributed by atoms with Gasteiger partial charge < -0.3 is 14.4 Å². The molecule has 5 heteroatoms. The maximum absolute atomic E-state index is 12.0. The normalized spacial score (nSPS) is 17.5. The number of hydrogen-bond donors (Lipinski definition) is 0. The van der Waals surface area contributed by atoms with Crippen molar-refractivity contribution in [1.82, 2.24) is 4.90 Å². The Morgan fingerprint density at radius 2 is 1.62 bits per heavy atom. The first-order chi connectivity index (χ1) is 9.55. The number of piperidine rings is 1. The molecule has 0 radical (unpaired) electrons. The maximum atomic E-state index is 12.0. The number of nitrogens with zero attached hydrogens (tertiary/aromatic N) is 1. The summed E-state index contributed by atoms with van der Waals surface area (Å²) in [4.78, 5) is 25.5. The van der Waals surface area contributed by atoms with Gasteiger partial charge >= 0.3 is 12.1 Å². The summed E-state index contributed by atoms with van der Waals surface area (Å²) in [5.41, 5.74) is -0.922. The van der Waals surface area contributed by atoms with Gasteiger partial charge in [-0.3, -0.25) is 4.79 Å². The van der Waals surface area contributed by atoms with Crippen LogP contribution < -0.4 is 0 Å². The quantitative estimate of drug-likeness (QED) is 0.751.